The second-order valence-corrected chi connectivity index (χ2v) is 9.66. The summed E-state index contributed by atoms with van der Waals surface area (Å²) in [4.78, 5) is 5.01. The number of hydrogen-bond donors (Lipinski definition) is 0. The molecule has 0 radical (unpaired) electrons. The Morgan fingerprint density at radius 1 is 0.727 bits per heavy atom. The Bertz CT molecular complexity index is 1740. The van der Waals surface area contributed by atoms with Crippen molar-refractivity contribution in [3.63, 3.8) is 0 Å². The van der Waals surface area contributed by atoms with Gasteiger partial charge in [0.1, 0.15) is 11.2 Å². The topological polar surface area (TPSA) is 26.0 Å². The van der Waals surface area contributed by atoms with Crippen LogP contribution in [0.5, 0.6) is 0 Å². The molecule has 0 fully saturated rings. The van der Waals surface area contributed by atoms with Crippen molar-refractivity contribution in [1.29, 1.82) is 0 Å². The van der Waals surface area contributed by atoms with Crippen LogP contribution in [0.15, 0.2) is 89.5 Å². The van der Waals surface area contributed by atoms with E-state index >= 15 is 0 Å². The van der Waals surface area contributed by atoms with Gasteiger partial charge >= 0.3 is 0 Å². The lowest BCUT2D eigenvalue weighted by molar-refractivity contribution is 0.647. The van der Waals surface area contributed by atoms with Crippen molar-refractivity contribution in [3.05, 3.63) is 102 Å². The average molecular weight is 426 g/mol. The molecule has 7 rings (SSSR count). The fourth-order valence-electron chi connectivity index (χ4n) is 5.84. The number of rotatable bonds is 1. The van der Waals surface area contributed by atoms with Crippen LogP contribution in [-0.4, -0.2) is 4.98 Å². The number of fused-ring (bicyclic) bond motifs is 4. The molecule has 4 aromatic carbocycles. The van der Waals surface area contributed by atoms with Crippen LogP contribution in [0.25, 0.3) is 55.1 Å². The van der Waals surface area contributed by atoms with E-state index in [2.05, 4.69) is 99.6 Å². The van der Waals surface area contributed by atoms with Crippen LogP contribution in [0.2, 0.25) is 0 Å². The molecule has 158 valence electrons. The summed E-state index contributed by atoms with van der Waals surface area (Å²) < 4.78 is 6.68. The van der Waals surface area contributed by atoms with Crippen molar-refractivity contribution in [2.75, 3.05) is 0 Å². The summed E-state index contributed by atoms with van der Waals surface area (Å²) in [6.45, 7) is 6.77. The maximum absolute atomic E-state index is 6.68. The zero-order valence-corrected chi connectivity index (χ0v) is 18.9. The van der Waals surface area contributed by atoms with Gasteiger partial charge in [-0.15, -0.1) is 0 Å². The minimum absolute atomic E-state index is 0.227. The van der Waals surface area contributed by atoms with Crippen LogP contribution in [-0.2, 0) is 5.41 Å². The molecule has 0 aliphatic heterocycles. The Kier molecular flexibility index (Phi) is 3.57. The molecule has 0 spiro atoms. The maximum atomic E-state index is 6.68. The smallest absolute Gasteiger partial charge is 0.143 e. The van der Waals surface area contributed by atoms with Gasteiger partial charge in [-0.25, -0.2) is 0 Å². The maximum Gasteiger partial charge on any atom is 0.143 e. The third-order valence-electron chi connectivity index (χ3n) is 7.39. The Labute approximate surface area is 192 Å². The van der Waals surface area contributed by atoms with Gasteiger partial charge in [0, 0.05) is 33.7 Å². The first-order chi connectivity index (χ1) is 16.1. The number of pyridine rings is 1. The third-order valence-corrected chi connectivity index (χ3v) is 7.39. The molecule has 33 heavy (non-hydrogen) atoms. The van der Waals surface area contributed by atoms with Gasteiger partial charge < -0.3 is 4.42 Å². The van der Waals surface area contributed by atoms with E-state index in [1.165, 1.54) is 38.4 Å². The van der Waals surface area contributed by atoms with Gasteiger partial charge in [0.05, 0.1) is 11.1 Å². The molecule has 0 amide bonds. The van der Waals surface area contributed by atoms with E-state index < -0.39 is 0 Å². The molecule has 2 aromatic heterocycles. The highest BCUT2D eigenvalue weighted by molar-refractivity contribution is 6.19. The first kappa shape index (κ1) is 18.6. The minimum Gasteiger partial charge on any atom is -0.455 e. The van der Waals surface area contributed by atoms with Crippen LogP contribution < -0.4 is 0 Å². The van der Waals surface area contributed by atoms with E-state index in [1.54, 1.807) is 0 Å². The Morgan fingerprint density at radius 3 is 2.33 bits per heavy atom. The highest BCUT2D eigenvalue weighted by atomic mass is 16.3. The molecule has 0 unspecified atom stereocenters. The lowest BCUT2D eigenvalue weighted by Crippen LogP contribution is -2.20. The minimum atomic E-state index is -0.227. The average Bonchev–Trinajstić information content (AvgIpc) is 3.21. The van der Waals surface area contributed by atoms with Crippen LogP contribution in [0, 0.1) is 6.92 Å². The van der Waals surface area contributed by atoms with Crippen molar-refractivity contribution < 1.29 is 4.42 Å². The molecule has 0 atom stereocenters. The van der Waals surface area contributed by atoms with Crippen molar-refractivity contribution in [2.45, 2.75) is 26.2 Å². The second kappa shape index (κ2) is 6.32. The second-order valence-electron chi connectivity index (χ2n) is 9.66. The molecule has 0 N–H and O–H groups in total. The normalized spacial score (nSPS) is 14.2. The van der Waals surface area contributed by atoms with Crippen molar-refractivity contribution in [2.24, 2.45) is 0 Å². The summed E-state index contributed by atoms with van der Waals surface area (Å²) in [7, 11) is 0. The summed E-state index contributed by atoms with van der Waals surface area (Å²) in [5, 5.41) is 4.89. The van der Waals surface area contributed by atoms with E-state index in [4.69, 9.17) is 9.40 Å². The lowest BCUT2D eigenvalue weighted by atomic mass is 9.73. The molecular formula is C31H23NO. The van der Waals surface area contributed by atoms with Gasteiger partial charge in [0.25, 0.3) is 0 Å². The van der Waals surface area contributed by atoms with Crippen LogP contribution in [0.3, 0.4) is 0 Å². The summed E-state index contributed by atoms with van der Waals surface area (Å²) in [6.07, 6.45) is 1.96. The molecular weight excluding hydrogens is 402 g/mol. The first-order valence-electron chi connectivity index (χ1n) is 11.5. The van der Waals surface area contributed by atoms with Crippen molar-refractivity contribution in [3.8, 4) is 22.4 Å². The number of furan rings is 1. The predicted octanol–water partition coefficient (Wildman–Crippen LogP) is 8.42. The largest absolute Gasteiger partial charge is 0.455 e. The molecule has 2 heterocycles. The van der Waals surface area contributed by atoms with Gasteiger partial charge in [-0.05, 0) is 34.4 Å². The van der Waals surface area contributed by atoms with E-state index in [9.17, 15) is 0 Å². The number of hydrogen-bond acceptors (Lipinski definition) is 2. The van der Waals surface area contributed by atoms with E-state index in [0.717, 1.165) is 33.4 Å². The molecule has 2 nitrogen and oxygen atoms in total. The van der Waals surface area contributed by atoms with Gasteiger partial charge in [-0.2, -0.15) is 0 Å². The van der Waals surface area contributed by atoms with E-state index in [0.29, 0.717) is 0 Å². The molecule has 1 aliphatic carbocycles. The fraction of sp³-hybridized carbons (Fsp3) is 0.129. The molecule has 6 aromatic rings. The number of nitrogens with zero attached hydrogens (tertiary/aromatic N) is 1. The summed E-state index contributed by atoms with van der Waals surface area (Å²) in [5.74, 6) is 0. The zero-order valence-electron chi connectivity index (χ0n) is 18.9. The van der Waals surface area contributed by atoms with E-state index in [-0.39, 0.29) is 5.41 Å². The predicted molar refractivity (Wildman–Crippen MR) is 137 cm³/mol. The van der Waals surface area contributed by atoms with Crippen LogP contribution in [0.4, 0.5) is 0 Å². The first-order valence-corrected chi connectivity index (χ1v) is 11.5. The Balaban J connectivity index is 1.73. The number of aromatic nitrogens is 1. The molecule has 0 bridgehead atoms. The third kappa shape index (κ3) is 2.36. The molecule has 1 aliphatic rings. The van der Waals surface area contributed by atoms with Gasteiger partial charge in [0.15, 0.2) is 0 Å². The monoisotopic (exact) mass is 425 g/mol. The highest BCUT2D eigenvalue weighted by Crippen LogP contribution is 2.52. The Morgan fingerprint density at radius 2 is 1.48 bits per heavy atom. The summed E-state index contributed by atoms with van der Waals surface area (Å²) in [5.41, 5.74) is 9.88. The Hall–Kier alpha value is -3.91. The highest BCUT2D eigenvalue weighted by Gasteiger charge is 2.36. The molecule has 0 saturated heterocycles. The van der Waals surface area contributed by atoms with Crippen molar-refractivity contribution >= 4 is 32.7 Å². The standard InChI is InChI=1S/C31H23NO/c1-18-17-32-28-23-14-13-20-11-7-8-12-21(20)27(23)31(2,3)24-16-15-22(19-9-5-4-6-10-19)30-25(24)26(28)29(18)33-30/h4-17H,1-3H3. The van der Waals surface area contributed by atoms with Crippen LogP contribution in [0.1, 0.15) is 30.5 Å². The van der Waals surface area contributed by atoms with Gasteiger partial charge in [-0.3, -0.25) is 4.98 Å². The number of aryl methyl sites for hydroxylation is 1. The molecule has 2 heteroatoms. The molecule has 0 saturated carbocycles. The SMILES string of the molecule is Cc1cnc2c3c1oc1c(-c4ccccc4)ccc(c13)C(C)(C)c1c-2ccc2ccccc12. The van der Waals surface area contributed by atoms with Gasteiger partial charge in [0.2, 0.25) is 0 Å². The van der Waals surface area contributed by atoms with Gasteiger partial charge in [-0.1, -0.05) is 92.7 Å². The fourth-order valence-corrected chi connectivity index (χ4v) is 5.84. The zero-order chi connectivity index (χ0) is 22.3. The van der Waals surface area contributed by atoms with Crippen molar-refractivity contribution in [1.82, 2.24) is 4.98 Å². The van der Waals surface area contributed by atoms with E-state index in [1.807, 2.05) is 6.20 Å². The van der Waals surface area contributed by atoms with Crippen LogP contribution >= 0.6 is 0 Å². The summed E-state index contributed by atoms with van der Waals surface area (Å²) in [6, 6.07) is 28.2. The lowest BCUT2D eigenvalue weighted by Gasteiger charge is -2.29. The quantitative estimate of drug-likeness (QED) is 0.264. The summed E-state index contributed by atoms with van der Waals surface area (Å²) >= 11 is 0. The number of benzene rings is 4.